The molecule has 1 aromatic carbocycles. The van der Waals surface area contributed by atoms with Gasteiger partial charge in [0, 0.05) is 49.1 Å². The number of carbonyl (C=O) groups is 1. The molecule has 1 fully saturated rings. The summed E-state index contributed by atoms with van der Waals surface area (Å²) in [6.45, 7) is 6.00. The second kappa shape index (κ2) is 9.05. The first-order valence-corrected chi connectivity index (χ1v) is 12.4. The summed E-state index contributed by atoms with van der Waals surface area (Å²) < 4.78 is 11.5. The standard InChI is InChI=1S/C25H31N5O3S/c1-13-8-14(2)28-25-21(13)22(27)23(34-25)24(31)29-16-9-15-4-5-17(10-20(15)33-12-16)30-7-6-19(32-3)18(26)11-30/h4-5,8,10,16,18-19H,6-7,9,11-12,26-27H2,1-3H3,(H,29,31)/t16-,18+,19+/m1/s1. The Morgan fingerprint density at radius 3 is 2.91 bits per heavy atom. The van der Waals surface area contributed by atoms with Gasteiger partial charge in [0.15, 0.2) is 0 Å². The van der Waals surface area contributed by atoms with Crippen LogP contribution in [0.15, 0.2) is 24.3 Å². The summed E-state index contributed by atoms with van der Waals surface area (Å²) in [5, 5.41) is 3.97. The van der Waals surface area contributed by atoms with Crippen molar-refractivity contribution >= 4 is 38.8 Å². The van der Waals surface area contributed by atoms with Gasteiger partial charge in [0.2, 0.25) is 0 Å². The van der Waals surface area contributed by atoms with E-state index >= 15 is 0 Å². The Morgan fingerprint density at radius 1 is 1.32 bits per heavy atom. The van der Waals surface area contributed by atoms with Crippen LogP contribution in [0.25, 0.3) is 10.2 Å². The van der Waals surface area contributed by atoms with Gasteiger partial charge in [-0.05, 0) is 49.9 Å². The number of methoxy groups -OCH3 is 1. The molecule has 34 heavy (non-hydrogen) atoms. The minimum Gasteiger partial charge on any atom is -0.491 e. The molecule has 0 bridgehead atoms. The molecule has 3 aromatic rings. The Kier molecular flexibility index (Phi) is 6.09. The van der Waals surface area contributed by atoms with Crippen LogP contribution in [0.1, 0.15) is 32.9 Å². The Morgan fingerprint density at radius 2 is 2.15 bits per heavy atom. The number of thiophene rings is 1. The van der Waals surface area contributed by atoms with Crippen LogP contribution in [-0.4, -0.2) is 55.9 Å². The number of nitrogens with two attached hydrogens (primary N) is 2. The van der Waals surface area contributed by atoms with E-state index in [9.17, 15) is 4.79 Å². The molecule has 180 valence electrons. The number of aryl methyl sites for hydroxylation is 2. The van der Waals surface area contributed by atoms with E-state index in [0.717, 1.165) is 58.0 Å². The summed E-state index contributed by atoms with van der Waals surface area (Å²) in [6.07, 6.45) is 1.71. The van der Waals surface area contributed by atoms with Gasteiger partial charge in [-0.15, -0.1) is 11.3 Å². The van der Waals surface area contributed by atoms with Crippen LogP contribution in [-0.2, 0) is 11.2 Å². The second-order valence-corrected chi connectivity index (χ2v) is 10.3. The molecule has 2 aliphatic rings. The van der Waals surface area contributed by atoms with E-state index in [1.807, 2.05) is 19.9 Å². The van der Waals surface area contributed by atoms with Crippen LogP contribution < -0.4 is 26.4 Å². The minimum absolute atomic E-state index is 0.0143. The van der Waals surface area contributed by atoms with Crippen molar-refractivity contribution in [1.29, 1.82) is 0 Å². The van der Waals surface area contributed by atoms with E-state index in [-0.39, 0.29) is 24.1 Å². The van der Waals surface area contributed by atoms with E-state index in [4.69, 9.17) is 20.9 Å². The number of pyridine rings is 1. The average Bonchev–Trinajstić information content (AvgIpc) is 3.15. The van der Waals surface area contributed by atoms with E-state index in [1.54, 1.807) is 7.11 Å². The first kappa shape index (κ1) is 22.9. The Labute approximate surface area is 203 Å². The predicted octanol–water partition coefficient (Wildman–Crippen LogP) is 2.78. The summed E-state index contributed by atoms with van der Waals surface area (Å²) >= 11 is 1.34. The molecule has 8 nitrogen and oxygen atoms in total. The monoisotopic (exact) mass is 481 g/mol. The van der Waals surface area contributed by atoms with Gasteiger partial charge in [0.1, 0.15) is 22.1 Å². The third kappa shape index (κ3) is 4.19. The highest BCUT2D eigenvalue weighted by atomic mass is 32.1. The van der Waals surface area contributed by atoms with Gasteiger partial charge in [0.05, 0.1) is 17.8 Å². The number of fused-ring (bicyclic) bond motifs is 2. The number of aromatic nitrogens is 1. The van der Waals surface area contributed by atoms with Crippen LogP contribution >= 0.6 is 11.3 Å². The van der Waals surface area contributed by atoms with Crippen molar-refractivity contribution in [1.82, 2.24) is 10.3 Å². The van der Waals surface area contributed by atoms with E-state index in [2.05, 4.69) is 33.4 Å². The van der Waals surface area contributed by atoms with Gasteiger partial charge >= 0.3 is 0 Å². The van der Waals surface area contributed by atoms with Crippen molar-refractivity contribution in [3.05, 3.63) is 46.0 Å². The maximum atomic E-state index is 13.1. The van der Waals surface area contributed by atoms with Crippen molar-refractivity contribution in [3.63, 3.8) is 0 Å². The van der Waals surface area contributed by atoms with Crippen LogP contribution in [0, 0.1) is 13.8 Å². The average molecular weight is 482 g/mol. The normalized spacial score (nSPS) is 22.4. The van der Waals surface area contributed by atoms with Crippen LogP contribution in [0.5, 0.6) is 5.75 Å². The zero-order valence-electron chi connectivity index (χ0n) is 19.8. The third-order valence-corrected chi connectivity index (χ3v) is 7.88. The quantitative estimate of drug-likeness (QED) is 0.525. The molecule has 4 heterocycles. The number of ether oxygens (including phenoxy) is 2. The Bertz CT molecular complexity index is 1240. The maximum absolute atomic E-state index is 13.1. The number of nitrogen functional groups attached to an aromatic ring is 1. The molecule has 5 rings (SSSR count). The lowest BCUT2D eigenvalue weighted by Gasteiger charge is -2.37. The summed E-state index contributed by atoms with van der Waals surface area (Å²) in [5.74, 6) is 0.684. The number of hydrogen-bond acceptors (Lipinski definition) is 8. The molecular formula is C25H31N5O3S. The molecule has 1 saturated heterocycles. The number of hydrogen-bond donors (Lipinski definition) is 3. The first-order chi connectivity index (χ1) is 16.3. The predicted molar refractivity (Wildman–Crippen MR) is 136 cm³/mol. The molecule has 0 unspecified atom stereocenters. The smallest absolute Gasteiger partial charge is 0.263 e. The van der Waals surface area contributed by atoms with Crippen molar-refractivity contribution in [2.75, 3.05) is 37.4 Å². The molecule has 0 radical (unpaired) electrons. The van der Waals surface area contributed by atoms with E-state index in [0.29, 0.717) is 23.6 Å². The summed E-state index contributed by atoms with van der Waals surface area (Å²) in [6, 6.07) is 8.11. The minimum atomic E-state index is -0.179. The molecule has 1 amide bonds. The molecule has 0 aliphatic carbocycles. The highest BCUT2D eigenvalue weighted by Crippen LogP contribution is 2.35. The van der Waals surface area contributed by atoms with Crippen molar-refractivity contribution in [2.24, 2.45) is 5.73 Å². The van der Waals surface area contributed by atoms with Crippen molar-refractivity contribution < 1.29 is 14.3 Å². The van der Waals surface area contributed by atoms with Gasteiger partial charge in [0.25, 0.3) is 5.91 Å². The number of carbonyl (C=O) groups excluding carboxylic acids is 1. The summed E-state index contributed by atoms with van der Waals surface area (Å²) in [4.78, 5) is 21.2. The Balaban J connectivity index is 1.28. The van der Waals surface area contributed by atoms with Gasteiger partial charge < -0.3 is 31.2 Å². The number of nitrogens with one attached hydrogen (secondary N) is 1. The fourth-order valence-electron chi connectivity index (χ4n) is 5.03. The van der Waals surface area contributed by atoms with E-state index in [1.165, 1.54) is 11.3 Å². The molecule has 5 N–H and O–H groups in total. The molecular weight excluding hydrogens is 450 g/mol. The van der Waals surface area contributed by atoms with Crippen LogP contribution in [0.2, 0.25) is 0 Å². The fraction of sp³-hybridized carbons (Fsp3) is 0.440. The van der Waals surface area contributed by atoms with Gasteiger partial charge in [-0.25, -0.2) is 4.98 Å². The fourth-order valence-corrected chi connectivity index (χ4v) is 6.15. The lowest BCUT2D eigenvalue weighted by molar-refractivity contribution is 0.0664. The lowest BCUT2D eigenvalue weighted by atomic mass is 9.99. The maximum Gasteiger partial charge on any atom is 0.263 e. The van der Waals surface area contributed by atoms with E-state index < -0.39 is 0 Å². The van der Waals surface area contributed by atoms with Gasteiger partial charge in [-0.1, -0.05) is 6.07 Å². The lowest BCUT2D eigenvalue weighted by Crippen LogP contribution is -2.52. The number of rotatable bonds is 4. The van der Waals surface area contributed by atoms with Crippen LogP contribution in [0.4, 0.5) is 11.4 Å². The van der Waals surface area contributed by atoms with Crippen molar-refractivity contribution in [2.45, 2.75) is 44.9 Å². The molecule has 0 saturated carbocycles. The number of piperidine rings is 1. The van der Waals surface area contributed by atoms with Crippen LogP contribution in [0.3, 0.4) is 0 Å². The van der Waals surface area contributed by atoms with Gasteiger partial charge in [-0.2, -0.15) is 0 Å². The molecule has 3 atom stereocenters. The second-order valence-electron chi connectivity index (χ2n) is 9.26. The molecule has 9 heteroatoms. The highest BCUT2D eigenvalue weighted by Gasteiger charge is 2.29. The summed E-state index contributed by atoms with van der Waals surface area (Å²) in [7, 11) is 1.72. The SMILES string of the molecule is CO[C@H]1CCN(c2ccc3c(c2)OC[C@H](NC(=O)c2sc4nc(C)cc(C)c4c2N)C3)C[C@@H]1N. The topological polar surface area (TPSA) is 116 Å². The molecule has 0 spiro atoms. The zero-order chi connectivity index (χ0) is 24.0. The zero-order valence-corrected chi connectivity index (χ0v) is 20.6. The number of nitrogens with zero attached hydrogens (tertiary/aromatic N) is 2. The molecule has 2 aromatic heterocycles. The Hall–Kier alpha value is -2.88. The summed E-state index contributed by atoms with van der Waals surface area (Å²) in [5.41, 5.74) is 17.2. The molecule has 2 aliphatic heterocycles. The highest BCUT2D eigenvalue weighted by molar-refractivity contribution is 7.21. The third-order valence-electron chi connectivity index (χ3n) is 6.78. The first-order valence-electron chi connectivity index (χ1n) is 11.6. The number of amides is 1. The largest absolute Gasteiger partial charge is 0.491 e. The number of benzene rings is 1. The van der Waals surface area contributed by atoms with Gasteiger partial charge in [-0.3, -0.25) is 4.79 Å². The van der Waals surface area contributed by atoms with Crippen molar-refractivity contribution in [3.8, 4) is 5.75 Å². The number of anilines is 2.